The molecule has 126 valence electrons. The lowest BCUT2D eigenvalue weighted by molar-refractivity contribution is -0.137. The number of rotatable bonds is 6. The van der Waals surface area contributed by atoms with Crippen LogP contribution in [0.1, 0.15) is 18.1 Å². The number of carbonyl (C=O) groups is 1. The summed E-state index contributed by atoms with van der Waals surface area (Å²) in [5.41, 5.74) is 2.29. The molecule has 0 saturated carbocycles. The van der Waals surface area contributed by atoms with Crippen molar-refractivity contribution in [3.05, 3.63) is 64.7 Å². The van der Waals surface area contributed by atoms with Crippen LogP contribution < -0.4 is 9.47 Å². The van der Waals surface area contributed by atoms with Crippen LogP contribution in [0.15, 0.2) is 48.5 Å². The Kier molecular flexibility index (Phi) is 6.27. The molecule has 4 nitrogen and oxygen atoms in total. The van der Waals surface area contributed by atoms with Crippen molar-refractivity contribution in [3.8, 4) is 11.5 Å². The highest BCUT2D eigenvalue weighted by Crippen LogP contribution is 2.33. The third-order valence-electron chi connectivity index (χ3n) is 3.38. The molecule has 24 heavy (non-hydrogen) atoms. The van der Waals surface area contributed by atoms with Crippen molar-refractivity contribution in [2.45, 2.75) is 6.92 Å². The van der Waals surface area contributed by atoms with E-state index in [1.165, 1.54) is 6.08 Å². The lowest BCUT2D eigenvalue weighted by Crippen LogP contribution is -2.02. The van der Waals surface area contributed by atoms with Gasteiger partial charge in [0.25, 0.3) is 0 Å². The van der Waals surface area contributed by atoms with E-state index in [9.17, 15) is 4.79 Å². The van der Waals surface area contributed by atoms with Gasteiger partial charge in [-0.25, -0.2) is 4.79 Å². The first-order chi connectivity index (χ1) is 11.6. The molecule has 0 saturated heterocycles. The number of halogens is 1. The summed E-state index contributed by atoms with van der Waals surface area (Å²) in [7, 11) is 3.14. The second-order valence-corrected chi connectivity index (χ2v) is 5.33. The van der Waals surface area contributed by atoms with Crippen LogP contribution in [0.5, 0.6) is 11.5 Å². The van der Waals surface area contributed by atoms with E-state index in [1.54, 1.807) is 39.3 Å². The van der Waals surface area contributed by atoms with Gasteiger partial charge in [0.15, 0.2) is 11.5 Å². The number of carbonyl (C=O) groups excluding carboxylic acids is 1. The minimum Gasteiger partial charge on any atom is -0.493 e. The topological polar surface area (TPSA) is 44.8 Å². The number of esters is 1. The Morgan fingerprint density at radius 3 is 2.38 bits per heavy atom. The number of hydrogen-bond acceptors (Lipinski definition) is 4. The maximum Gasteiger partial charge on any atom is 0.331 e. The number of methoxy groups -OCH3 is 2. The zero-order chi connectivity index (χ0) is 17.5. The van der Waals surface area contributed by atoms with E-state index >= 15 is 0 Å². The molecule has 2 aromatic rings. The molecule has 0 aromatic heterocycles. The molecule has 0 aliphatic rings. The van der Waals surface area contributed by atoms with Crippen LogP contribution in [0.2, 0.25) is 5.02 Å². The van der Waals surface area contributed by atoms with Crippen LogP contribution in [0.4, 0.5) is 0 Å². The van der Waals surface area contributed by atoms with Gasteiger partial charge < -0.3 is 14.2 Å². The molecule has 0 spiro atoms. The predicted molar refractivity (Wildman–Crippen MR) is 94.7 cm³/mol. The summed E-state index contributed by atoms with van der Waals surface area (Å²) in [4.78, 5) is 12.0. The maximum atomic E-state index is 12.0. The molecule has 0 bridgehead atoms. The Morgan fingerprint density at radius 1 is 1.04 bits per heavy atom. The Hall–Kier alpha value is -2.46. The summed E-state index contributed by atoms with van der Waals surface area (Å²) >= 11 is 6.09. The number of hydrogen-bond donors (Lipinski definition) is 0. The Morgan fingerprint density at radius 2 is 1.75 bits per heavy atom. The molecule has 0 N–H and O–H groups in total. The zero-order valence-corrected chi connectivity index (χ0v) is 14.6. The molecule has 0 aliphatic heterocycles. The molecule has 0 aliphatic carbocycles. The van der Waals surface area contributed by atoms with Crippen LogP contribution in [0.3, 0.4) is 0 Å². The monoisotopic (exact) mass is 346 g/mol. The fraction of sp³-hybridized carbons (Fsp3) is 0.211. The van der Waals surface area contributed by atoms with Gasteiger partial charge in [0.1, 0.15) is 0 Å². The molecule has 2 aromatic carbocycles. The quantitative estimate of drug-likeness (QED) is 0.576. The third-order valence-corrected chi connectivity index (χ3v) is 3.61. The van der Waals surface area contributed by atoms with Crippen molar-refractivity contribution in [2.24, 2.45) is 0 Å². The first-order valence-electron chi connectivity index (χ1n) is 7.45. The van der Waals surface area contributed by atoms with Gasteiger partial charge in [-0.2, -0.15) is 0 Å². The normalized spacial score (nSPS) is 11.1. The maximum absolute atomic E-state index is 12.0. The lowest BCUT2D eigenvalue weighted by Gasteiger charge is -2.13. The van der Waals surface area contributed by atoms with Crippen LogP contribution in [0.25, 0.3) is 5.57 Å². The highest BCUT2D eigenvalue weighted by Gasteiger charge is 2.12. The number of ether oxygens (including phenoxy) is 3. The second-order valence-electron chi connectivity index (χ2n) is 4.89. The van der Waals surface area contributed by atoms with Gasteiger partial charge in [-0.05, 0) is 47.9 Å². The molecule has 2 rings (SSSR count). The summed E-state index contributed by atoms with van der Waals surface area (Å²) in [6.45, 7) is 2.07. The highest BCUT2D eigenvalue weighted by atomic mass is 35.5. The number of benzene rings is 2. The van der Waals surface area contributed by atoms with E-state index < -0.39 is 5.97 Å². The van der Waals surface area contributed by atoms with E-state index in [0.29, 0.717) is 28.7 Å². The highest BCUT2D eigenvalue weighted by molar-refractivity contribution is 6.30. The molecular weight excluding hydrogens is 328 g/mol. The molecule has 0 radical (unpaired) electrons. The third kappa shape index (κ3) is 4.30. The predicted octanol–water partition coefficient (Wildman–Crippen LogP) is 4.35. The molecule has 5 heteroatoms. The van der Waals surface area contributed by atoms with E-state index in [0.717, 1.165) is 11.1 Å². The minimum absolute atomic E-state index is 0.310. The molecular formula is C19H19ClO4. The summed E-state index contributed by atoms with van der Waals surface area (Å²) < 4.78 is 15.6. The van der Waals surface area contributed by atoms with Crippen LogP contribution in [-0.2, 0) is 9.53 Å². The summed E-state index contributed by atoms with van der Waals surface area (Å²) in [5.74, 6) is 0.775. The van der Waals surface area contributed by atoms with Crippen LogP contribution in [0, 0.1) is 0 Å². The van der Waals surface area contributed by atoms with Gasteiger partial charge in [-0.1, -0.05) is 29.8 Å². The largest absolute Gasteiger partial charge is 0.493 e. The SMILES string of the molecule is CCOC(=O)/C=C(\c1cccc(Cl)c1)c1ccc(OC)c(OC)c1. The first-order valence-corrected chi connectivity index (χ1v) is 7.83. The van der Waals surface area contributed by atoms with Crippen molar-refractivity contribution >= 4 is 23.1 Å². The summed E-state index contributed by atoms with van der Waals surface area (Å²) in [6, 6.07) is 12.7. The Balaban J connectivity index is 2.56. The van der Waals surface area contributed by atoms with Gasteiger partial charge in [-0.3, -0.25) is 0 Å². The standard InChI is InChI=1S/C19H19ClO4/c1-4-24-19(21)12-16(13-6-5-7-15(20)10-13)14-8-9-17(22-2)18(11-14)23-3/h5-12H,4H2,1-3H3/b16-12+. The summed E-state index contributed by atoms with van der Waals surface area (Å²) in [5, 5.41) is 0.586. The van der Waals surface area contributed by atoms with Crippen LogP contribution in [-0.4, -0.2) is 26.8 Å². The second kappa shape index (κ2) is 8.41. The first kappa shape index (κ1) is 17.9. The van der Waals surface area contributed by atoms with Crippen molar-refractivity contribution in [2.75, 3.05) is 20.8 Å². The molecule has 0 fully saturated rings. The van der Waals surface area contributed by atoms with E-state index in [2.05, 4.69) is 0 Å². The Labute approximate surface area is 146 Å². The van der Waals surface area contributed by atoms with E-state index in [4.69, 9.17) is 25.8 Å². The molecule has 0 heterocycles. The molecule has 0 atom stereocenters. The smallest absolute Gasteiger partial charge is 0.331 e. The van der Waals surface area contributed by atoms with Gasteiger partial charge in [0.2, 0.25) is 0 Å². The van der Waals surface area contributed by atoms with Gasteiger partial charge in [0.05, 0.1) is 20.8 Å². The average Bonchev–Trinajstić information content (AvgIpc) is 2.59. The van der Waals surface area contributed by atoms with Crippen molar-refractivity contribution in [3.63, 3.8) is 0 Å². The fourth-order valence-electron chi connectivity index (χ4n) is 2.29. The minimum atomic E-state index is -0.415. The summed E-state index contributed by atoms with van der Waals surface area (Å²) in [6.07, 6.45) is 1.45. The van der Waals surface area contributed by atoms with Gasteiger partial charge >= 0.3 is 5.97 Å². The van der Waals surface area contributed by atoms with Gasteiger partial charge in [0, 0.05) is 11.1 Å². The van der Waals surface area contributed by atoms with Crippen molar-refractivity contribution in [1.82, 2.24) is 0 Å². The average molecular weight is 347 g/mol. The fourth-order valence-corrected chi connectivity index (χ4v) is 2.49. The van der Waals surface area contributed by atoms with E-state index in [-0.39, 0.29) is 0 Å². The molecule has 0 amide bonds. The van der Waals surface area contributed by atoms with Crippen LogP contribution >= 0.6 is 11.6 Å². The van der Waals surface area contributed by atoms with E-state index in [1.807, 2.05) is 24.3 Å². The molecule has 0 unspecified atom stereocenters. The van der Waals surface area contributed by atoms with Gasteiger partial charge in [-0.15, -0.1) is 0 Å². The Bertz CT molecular complexity index is 753. The lowest BCUT2D eigenvalue weighted by atomic mass is 9.97. The zero-order valence-electron chi connectivity index (χ0n) is 13.8. The van der Waals surface area contributed by atoms with Crippen molar-refractivity contribution in [1.29, 1.82) is 0 Å². The van der Waals surface area contributed by atoms with Crippen molar-refractivity contribution < 1.29 is 19.0 Å².